The van der Waals surface area contributed by atoms with E-state index in [9.17, 15) is 19.2 Å². The Morgan fingerprint density at radius 1 is 1.12 bits per heavy atom. The highest BCUT2D eigenvalue weighted by atomic mass is 16.2. The third-order valence-corrected chi connectivity index (χ3v) is 7.12. The summed E-state index contributed by atoms with van der Waals surface area (Å²) in [4.78, 5) is 57.4. The summed E-state index contributed by atoms with van der Waals surface area (Å²) in [5.74, 6) is -1.38. The van der Waals surface area contributed by atoms with Crippen LogP contribution in [-0.4, -0.2) is 70.1 Å². The van der Waals surface area contributed by atoms with Crippen LogP contribution in [0.3, 0.4) is 0 Å². The number of nitrogens with one attached hydrogen (secondary N) is 2. The van der Waals surface area contributed by atoms with Crippen LogP contribution in [0.2, 0.25) is 0 Å². The largest absolute Gasteiger partial charge is 0.368 e. The van der Waals surface area contributed by atoms with Gasteiger partial charge in [0.05, 0.1) is 6.54 Å². The van der Waals surface area contributed by atoms with E-state index in [4.69, 9.17) is 5.73 Å². The molecule has 1 aromatic carbocycles. The van der Waals surface area contributed by atoms with Crippen molar-refractivity contribution in [1.82, 2.24) is 20.1 Å². The summed E-state index contributed by atoms with van der Waals surface area (Å²) in [6.45, 7) is 2.26. The van der Waals surface area contributed by atoms with Crippen LogP contribution in [0, 0.1) is 5.92 Å². The summed E-state index contributed by atoms with van der Waals surface area (Å²) in [6, 6.07) is 5.91. The van der Waals surface area contributed by atoms with Gasteiger partial charge in [-0.05, 0) is 24.5 Å². The number of benzene rings is 1. The van der Waals surface area contributed by atoms with Crippen molar-refractivity contribution in [3.05, 3.63) is 36.0 Å². The minimum Gasteiger partial charge on any atom is -0.368 e. The molecule has 1 saturated carbocycles. The van der Waals surface area contributed by atoms with Gasteiger partial charge in [0.25, 0.3) is 0 Å². The van der Waals surface area contributed by atoms with Crippen LogP contribution in [-0.2, 0) is 25.6 Å². The molecule has 9 heteroatoms. The number of hydrogen-bond acceptors (Lipinski definition) is 4. The number of aromatic nitrogens is 1. The molecule has 1 aromatic heterocycles. The van der Waals surface area contributed by atoms with Gasteiger partial charge in [-0.3, -0.25) is 19.2 Å². The Labute approximate surface area is 199 Å². The van der Waals surface area contributed by atoms with Crippen LogP contribution >= 0.6 is 0 Å². The molecule has 4 N–H and O–H groups in total. The first kappa shape index (κ1) is 23.8. The Balaban J connectivity index is 1.52. The van der Waals surface area contributed by atoms with Crippen LogP contribution < -0.4 is 11.1 Å². The van der Waals surface area contributed by atoms with Crippen LogP contribution in [0.4, 0.5) is 0 Å². The van der Waals surface area contributed by atoms with Gasteiger partial charge in [0.1, 0.15) is 12.1 Å². The fourth-order valence-corrected chi connectivity index (χ4v) is 5.15. The Bertz CT molecular complexity index is 1070. The zero-order valence-electron chi connectivity index (χ0n) is 19.6. The van der Waals surface area contributed by atoms with Crippen molar-refractivity contribution in [2.75, 3.05) is 19.6 Å². The van der Waals surface area contributed by atoms with Crippen molar-refractivity contribution < 1.29 is 19.2 Å². The van der Waals surface area contributed by atoms with Gasteiger partial charge < -0.3 is 25.8 Å². The highest BCUT2D eigenvalue weighted by molar-refractivity contribution is 5.93. The number of carbonyl (C=O) groups excluding carboxylic acids is 4. The van der Waals surface area contributed by atoms with E-state index in [1.54, 1.807) is 9.80 Å². The average Bonchev–Trinajstić information content (AvgIpc) is 3.26. The van der Waals surface area contributed by atoms with E-state index in [1.807, 2.05) is 30.5 Å². The lowest BCUT2D eigenvalue weighted by atomic mass is 9.87. The zero-order valence-corrected chi connectivity index (χ0v) is 19.6. The SMILES string of the molecule is CC(=O)N1CCN(C(=O)C2CCCCC2)[C@H](C(=O)N[C@H](Cc2c[nH]c3ccccc23)C(N)=O)C1. The molecule has 1 aliphatic carbocycles. The lowest BCUT2D eigenvalue weighted by Gasteiger charge is -2.42. The van der Waals surface area contributed by atoms with Crippen molar-refractivity contribution in [3.8, 4) is 0 Å². The van der Waals surface area contributed by atoms with E-state index in [1.165, 1.54) is 6.92 Å². The molecule has 0 bridgehead atoms. The maximum atomic E-state index is 13.4. The first-order valence-corrected chi connectivity index (χ1v) is 12.1. The minimum absolute atomic E-state index is 0.0321. The second kappa shape index (κ2) is 10.3. The van der Waals surface area contributed by atoms with Gasteiger partial charge in [-0.1, -0.05) is 37.5 Å². The van der Waals surface area contributed by atoms with Gasteiger partial charge >= 0.3 is 0 Å². The zero-order chi connectivity index (χ0) is 24.2. The van der Waals surface area contributed by atoms with Gasteiger partial charge in [0.2, 0.25) is 23.6 Å². The molecule has 0 unspecified atom stereocenters. The Hall–Kier alpha value is -3.36. The molecule has 9 nitrogen and oxygen atoms in total. The summed E-state index contributed by atoms with van der Waals surface area (Å²) >= 11 is 0. The first-order valence-electron chi connectivity index (χ1n) is 12.1. The molecule has 0 radical (unpaired) electrons. The Morgan fingerprint density at radius 2 is 1.85 bits per heavy atom. The number of para-hydroxylation sites is 1. The van der Waals surface area contributed by atoms with Crippen molar-refractivity contribution in [3.63, 3.8) is 0 Å². The van der Waals surface area contributed by atoms with E-state index < -0.39 is 23.9 Å². The number of primary amides is 1. The van der Waals surface area contributed by atoms with E-state index >= 15 is 0 Å². The third-order valence-electron chi connectivity index (χ3n) is 7.12. The summed E-state index contributed by atoms with van der Waals surface area (Å²) in [5.41, 5.74) is 7.45. The van der Waals surface area contributed by atoms with Crippen LogP contribution in [0.1, 0.15) is 44.6 Å². The lowest BCUT2D eigenvalue weighted by molar-refractivity contribution is -0.151. The molecule has 2 atom stereocenters. The highest BCUT2D eigenvalue weighted by Gasteiger charge is 2.39. The quantitative estimate of drug-likeness (QED) is 0.592. The van der Waals surface area contributed by atoms with Crippen molar-refractivity contribution in [1.29, 1.82) is 0 Å². The lowest BCUT2D eigenvalue weighted by Crippen LogP contribution is -2.63. The van der Waals surface area contributed by atoms with Gasteiger partial charge in [-0.25, -0.2) is 0 Å². The fraction of sp³-hybridized carbons (Fsp3) is 0.520. The smallest absolute Gasteiger partial charge is 0.245 e. The van der Waals surface area contributed by atoms with Crippen molar-refractivity contribution in [2.24, 2.45) is 11.7 Å². The molecule has 1 aliphatic heterocycles. The van der Waals surface area contributed by atoms with Gasteiger partial charge in [0.15, 0.2) is 0 Å². The second-order valence-electron chi connectivity index (χ2n) is 9.37. The normalized spacial score (nSPS) is 20.2. The molecule has 0 spiro atoms. The summed E-state index contributed by atoms with van der Waals surface area (Å²) < 4.78 is 0. The Morgan fingerprint density at radius 3 is 2.56 bits per heavy atom. The Kier molecular flexibility index (Phi) is 7.19. The standard InChI is InChI=1S/C25H33N5O4/c1-16(31)29-11-12-30(25(34)17-7-3-2-4-8-17)22(15-29)24(33)28-21(23(26)32)13-18-14-27-20-10-6-5-9-19(18)20/h5-6,9-10,14,17,21-22,27H,2-4,7-8,11-13,15H2,1H3,(H2,26,32)(H,28,33)/t21-,22+/m1/s1. The third kappa shape index (κ3) is 5.08. The van der Waals surface area contributed by atoms with Crippen LogP contribution in [0.15, 0.2) is 30.5 Å². The molecule has 2 aliphatic rings. The van der Waals surface area contributed by atoms with Gasteiger partial charge in [0, 0.05) is 49.5 Å². The molecule has 34 heavy (non-hydrogen) atoms. The molecule has 182 valence electrons. The molecule has 4 amide bonds. The molecular formula is C25H33N5O4. The summed E-state index contributed by atoms with van der Waals surface area (Å²) in [6.07, 6.45) is 6.83. The number of amides is 4. The number of piperazine rings is 1. The number of nitrogens with zero attached hydrogens (tertiary/aromatic N) is 2. The first-order chi connectivity index (χ1) is 16.3. The number of nitrogens with two attached hydrogens (primary N) is 1. The number of carbonyl (C=O) groups is 4. The number of aromatic amines is 1. The van der Waals surface area contributed by atoms with E-state index in [0.29, 0.717) is 13.1 Å². The highest BCUT2D eigenvalue weighted by Crippen LogP contribution is 2.27. The van der Waals surface area contributed by atoms with Crippen molar-refractivity contribution in [2.45, 2.75) is 57.5 Å². The van der Waals surface area contributed by atoms with E-state index in [0.717, 1.165) is 48.6 Å². The number of H-pyrrole nitrogens is 1. The molecule has 2 fully saturated rings. The average molecular weight is 468 g/mol. The molecule has 4 rings (SSSR count). The fourth-order valence-electron chi connectivity index (χ4n) is 5.15. The van der Waals surface area contributed by atoms with Crippen molar-refractivity contribution >= 4 is 34.5 Å². The molecule has 2 heterocycles. The predicted molar refractivity (Wildman–Crippen MR) is 127 cm³/mol. The summed E-state index contributed by atoms with van der Waals surface area (Å²) in [5, 5.41) is 3.73. The van der Waals surface area contributed by atoms with E-state index in [-0.39, 0.29) is 30.7 Å². The van der Waals surface area contributed by atoms with Gasteiger partial charge in [-0.15, -0.1) is 0 Å². The van der Waals surface area contributed by atoms with Crippen LogP contribution in [0.25, 0.3) is 10.9 Å². The monoisotopic (exact) mass is 467 g/mol. The maximum Gasteiger partial charge on any atom is 0.245 e. The van der Waals surface area contributed by atoms with Gasteiger partial charge in [-0.2, -0.15) is 0 Å². The number of hydrogen-bond donors (Lipinski definition) is 3. The second-order valence-corrected chi connectivity index (χ2v) is 9.37. The summed E-state index contributed by atoms with van der Waals surface area (Å²) in [7, 11) is 0. The number of rotatable bonds is 6. The minimum atomic E-state index is -0.939. The molecule has 1 saturated heterocycles. The predicted octanol–water partition coefficient (Wildman–Crippen LogP) is 1.32. The van der Waals surface area contributed by atoms with E-state index in [2.05, 4.69) is 10.3 Å². The maximum absolute atomic E-state index is 13.4. The van der Waals surface area contributed by atoms with Crippen LogP contribution in [0.5, 0.6) is 0 Å². The molecular weight excluding hydrogens is 434 g/mol. The number of fused-ring (bicyclic) bond motifs is 1. The molecule has 2 aromatic rings. The topological polar surface area (TPSA) is 129 Å².